The quantitative estimate of drug-likeness (QED) is 0.601. The average Bonchev–Trinajstić information content (AvgIpc) is 2.61. The largest absolute Gasteiger partial charge is 0.395 e. The Balaban J connectivity index is 2.76. The van der Waals surface area contributed by atoms with Crippen LogP contribution in [0.25, 0.3) is 0 Å². The number of nitrogens with one attached hydrogen (secondary N) is 1. The van der Waals surface area contributed by atoms with Crippen LogP contribution in [0.5, 0.6) is 0 Å². The van der Waals surface area contributed by atoms with Gasteiger partial charge in [0.1, 0.15) is 5.69 Å². The SMILES string of the molecule is CC#CCCNC(=O)c1c(N)c(C)nn1CC. The first kappa shape index (κ1) is 13.1. The highest BCUT2D eigenvalue weighted by Crippen LogP contribution is 2.15. The summed E-state index contributed by atoms with van der Waals surface area (Å²) in [4.78, 5) is 11.9. The first-order valence-electron chi connectivity index (χ1n) is 5.62. The monoisotopic (exact) mass is 234 g/mol. The smallest absolute Gasteiger partial charge is 0.271 e. The minimum atomic E-state index is -0.192. The zero-order chi connectivity index (χ0) is 12.8. The van der Waals surface area contributed by atoms with E-state index < -0.39 is 0 Å². The molecule has 1 aromatic rings. The topological polar surface area (TPSA) is 72.9 Å². The molecule has 0 saturated carbocycles. The number of aryl methyl sites for hydroxylation is 2. The summed E-state index contributed by atoms with van der Waals surface area (Å²) in [5.41, 5.74) is 7.41. The molecule has 0 fully saturated rings. The van der Waals surface area contributed by atoms with Crippen LogP contribution in [0.4, 0.5) is 5.69 Å². The summed E-state index contributed by atoms with van der Waals surface area (Å²) in [6, 6.07) is 0. The van der Waals surface area contributed by atoms with Gasteiger partial charge < -0.3 is 11.1 Å². The van der Waals surface area contributed by atoms with Gasteiger partial charge in [-0.3, -0.25) is 9.48 Å². The molecule has 1 rings (SSSR count). The summed E-state index contributed by atoms with van der Waals surface area (Å²) < 4.78 is 1.62. The van der Waals surface area contributed by atoms with Crippen molar-refractivity contribution in [3.05, 3.63) is 11.4 Å². The first-order chi connectivity index (χ1) is 8.11. The van der Waals surface area contributed by atoms with Gasteiger partial charge in [-0.1, -0.05) is 0 Å². The van der Waals surface area contributed by atoms with Gasteiger partial charge in [0, 0.05) is 19.5 Å². The Morgan fingerprint density at radius 1 is 1.59 bits per heavy atom. The van der Waals surface area contributed by atoms with Gasteiger partial charge in [-0.2, -0.15) is 5.10 Å². The number of nitrogens with zero attached hydrogens (tertiary/aromatic N) is 2. The van der Waals surface area contributed by atoms with Crippen LogP contribution in [-0.4, -0.2) is 22.2 Å². The molecule has 1 amide bonds. The van der Waals surface area contributed by atoms with E-state index in [0.717, 1.165) is 0 Å². The number of carbonyl (C=O) groups excluding carboxylic acids is 1. The summed E-state index contributed by atoms with van der Waals surface area (Å²) in [5, 5.41) is 6.98. The maximum absolute atomic E-state index is 11.9. The normalized spacial score (nSPS) is 9.59. The van der Waals surface area contributed by atoms with Crippen LogP contribution in [0.2, 0.25) is 0 Å². The summed E-state index contributed by atoms with van der Waals surface area (Å²) in [6.45, 7) is 6.63. The van der Waals surface area contributed by atoms with E-state index in [-0.39, 0.29) is 5.91 Å². The second kappa shape index (κ2) is 5.94. The van der Waals surface area contributed by atoms with Crippen LogP contribution < -0.4 is 11.1 Å². The highest BCUT2D eigenvalue weighted by molar-refractivity contribution is 5.97. The molecule has 0 spiro atoms. The van der Waals surface area contributed by atoms with E-state index in [9.17, 15) is 4.79 Å². The zero-order valence-electron chi connectivity index (χ0n) is 10.5. The Bertz CT molecular complexity index is 465. The molecule has 0 radical (unpaired) electrons. The summed E-state index contributed by atoms with van der Waals surface area (Å²) in [6.07, 6.45) is 0.640. The molecule has 92 valence electrons. The number of rotatable bonds is 4. The van der Waals surface area contributed by atoms with Crippen molar-refractivity contribution in [2.45, 2.75) is 33.7 Å². The molecular weight excluding hydrogens is 216 g/mol. The van der Waals surface area contributed by atoms with E-state index in [4.69, 9.17) is 5.73 Å². The molecule has 0 saturated heterocycles. The lowest BCUT2D eigenvalue weighted by Crippen LogP contribution is -2.27. The van der Waals surface area contributed by atoms with Crippen LogP contribution in [0.3, 0.4) is 0 Å². The van der Waals surface area contributed by atoms with Crippen molar-refractivity contribution in [1.82, 2.24) is 15.1 Å². The molecule has 17 heavy (non-hydrogen) atoms. The number of hydrogen-bond donors (Lipinski definition) is 2. The zero-order valence-corrected chi connectivity index (χ0v) is 10.5. The van der Waals surface area contributed by atoms with Gasteiger partial charge in [0.05, 0.1) is 11.4 Å². The fourth-order valence-electron chi connectivity index (χ4n) is 1.51. The highest BCUT2D eigenvalue weighted by Gasteiger charge is 2.18. The van der Waals surface area contributed by atoms with E-state index >= 15 is 0 Å². The average molecular weight is 234 g/mol. The van der Waals surface area contributed by atoms with Gasteiger partial charge in [0.15, 0.2) is 0 Å². The molecule has 5 nitrogen and oxygen atoms in total. The van der Waals surface area contributed by atoms with E-state index in [1.54, 1.807) is 18.5 Å². The van der Waals surface area contributed by atoms with Gasteiger partial charge in [-0.25, -0.2) is 0 Å². The van der Waals surface area contributed by atoms with E-state index in [1.807, 2.05) is 6.92 Å². The van der Waals surface area contributed by atoms with Crippen LogP contribution >= 0.6 is 0 Å². The molecule has 0 unspecified atom stereocenters. The molecule has 1 aromatic heterocycles. The lowest BCUT2D eigenvalue weighted by molar-refractivity contribution is 0.0945. The molecule has 1 heterocycles. The molecule has 0 atom stereocenters. The van der Waals surface area contributed by atoms with Crippen molar-refractivity contribution in [3.63, 3.8) is 0 Å². The minimum Gasteiger partial charge on any atom is -0.395 e. The molecule has 0 bridgehead atoms. The van der Waals surface area contributed by atoms with E-state index in [1.165, 1.54) is 0 Å². The van der Waals surface area contributed by atoms with E-state index in [2.05, 4.69) is 22.3 Å². The van der Waals surface area contributed by atoms with Gasteiger partial charge in [-0.05, 0) is 20.8 Å². The predicted octanol–water partition coefficient (Wildman–Crippen LogP) is 0.937. The Labute approximate surface area is 101 Å². The number of anilines is 1. The summed E-state index contributed by atoms with van der Waals surface area (Å²) in [7, 11) is 0. The molecule has 0 aliphatic rings. The van der Waals surface area contributed by atoms with Gasteiger partial charge >= 0.3 is 0 Å². The molecule has 0 aromatic carbocycles. The fraction of sp³-hybridized carbons (Fsp3) is 0.500. The first-order valence-corrected chi connectivity index (χ1v) is 5.62. The lowest BCUT2D eigenvalue weighted by atomic mass is 10.3. The molecule has 0 aliphatic heterocycles. The van der Waals surface area contributed by atoms with Crippen molar-refractivity contribution in [3.8, 4) is 11.8 Å². The van der Waals surface area contributed by atoms with Crippen molar-refractivity contribution < 1.29 is 4.79 Å². The number of amides is 1. The third-order valence-corrected chi connectivity index (χ3v) is 2.40. The van der Waals surface area contributed by atoms with Crippen LogP contribution in [0.15, 0.2) is 0 Å². The lowest BCUT2D eigenvalue weighted by Gasteiger charge is -2.06. The Morgan fingerprint density at radius 3 is 2.88 bits per heavy atom. The number of nitrogens with two attached hydrogens (primary N) is 1. The second-order valence-corrected chi connectivity index (χ2v) is 3.60. The van der Waals surface area contributed by atoms with Crippen molar-refractivity contribution in [1.29, 1.82) is 0 Å². The van der Waals surface area contributed by atoms with Crippen LogP contribution in [0, 0.1) is 18.8 Å². The third kappa shape index (κ3) is 3.00. The van der Waals surface area contributed by atoms with Crippen LogP contribution in [-0.2, 0) is 6.54 Å². The van der Waals surface area contributed by atoms with Gasteiger partial charge in [-0.15, -0.1) is 11.8 Å². The molecule has 3 N–H and O–H groups in total. The Morgan fingerprint density at radius 2 is 2.29 bits per heavy atom. The molecular formula is C12H18N4O. The van der Waals surface area contributed by atoms with E-state index in [0.29, 0.717) is 36.6 Å². The Hall–Kier alpha value is -1.96. The van der Waals surface area contributed by atoms with Crippen molar-refractivity contribution in [2.24, 2.45) is 0 Å². The fourth-order valence-corrected chi connectivity index (χ4v) is 1.51. The maximum atomic E-state index is 11.9. The summed E-state index contributed by atoms with van der Waals surface area (Å²) >= 11 is 0. The second-order valence-electron chi connectivity index (χ2n) is 3.60. The third-order valence-electron chi connectivity index (χ3n) is 2.40. The number of hydrogen-bond acceptors (Lipinski definition) is 3. The number of nitrogen functional groups attached to an aromatic ring is 1. The Kier molecular flexibility index (Phi) is 4.58. The number of carbonyl (C=O) groups is 1. The highest BCUT2D eigenvalue weighted by atomic mass is 16.2. The molecule has 0 aliphatic carbocycles. The van der Waals surface area contributed by atoms with Gasteiger partial charge in [0.2, 0.25) is 0 Å². The summed E-state index contributed by atoms with van der Waals surface area (Å²) in [5.74, 6) is 5.47. The maximum Gasteiger partial charge on any atom is 0.271 e. The number of aromatic nitrogens is 2. The van der Waals surface area contributed by atoms with Crippen molar-refractivity contribution >= 4 is 11.6 Å². The van der Waals surface area contributed by atoms with Crippen molar-refractivity contribution in [2.75, 3.05) is 12.3 Å². The van der Waals surface area contributed by atoms with Crippen LogP contribution in [0.1, 0.15) is 36.5 Å². The minimum absolute atomic E-state index is 0.192. The predicted molar refractivity (Wildman–Crippen MR) is 67.5 cm³/mol. The molecule has 5 heteroatoms. The van der Waals surface area contributed by atoms with Gasteiger partial charge in [0.25, 0.3) is 5.91 Å². The standard InChI is InChI=1S/C12H18N4O/c1-4-6-7-8-14-12(17)11-10(13)9(3)15-16(11)5-2/h5,7-8,13H2,1-3H3,(H,14,17).